The second-order valence-corrected chi connectivity index (χ2v) is 9.43. The fourth-order valence-corrected chi connectivity index (χ4v) is 5.51. The number of imide groups is 1. The summed E-state index contributed by atoms with van der Waals surface area (Å²) in [5.74, 6) is -3.55. The third-order valence-electron chi connectivity index (χ3n) is 7.40. The van der Waals surface area contributed by atoms with Gasteiger partial charge in [0.25, 0.3) is 0 Å². The molecule has 178 valence electrons. The zero-order chi connectivity index (χ0) is 24.0. The molecule has 0 radical (unpaired) electrons. The van der Waals surface area contributed by atoms with E-state index in [1.54, 1.807) is 0 Å². The number of carbonyl (C=O) groups is 3. The van der Waals surface area contributed by atoms with Crippen LogP contribution in [0.15, 0.2) is 42.5 Å². The van der Waals surface area contributed by atoms with Crippen LogP contribution in [0.2, 0.25) is 0 Å². The van der Waals surface area contributed by atoms with Crippen molar-refractivity contribution in [2.45, 2.75) is 43.1 Å². The van der Waals surface area contributed by atoms with E-state index in [1.165, 1.54) is 17.7 Å². The second kappa shape index (κ2) is 8.38. The summed E-state index contributed by atoms with van der Waals surface area (Å²) < 4.78 is 35.3. The van der Waals surface area contributed by atoms with Gasteiger partial charge in [0.15, 0.2) is 0 Å². The number of rotatable bonds is 5. The minimum Gasteiger partial charge on any atom is -0.443 e. The van der Waals surface area contributed by atoms with Gasteiger partial charge in [-0.15, -0.1) is 0 Å². The van der Waals surface area contributed by atoms with E-state index in [0.29, 0.717) is 31.6 Å². The SMILES string of the molecule is NC(=O)OC1(C2CN(c3cc(F)c(C4CCC(=O)NC4=O)c(F)c3)C2)CC(c2ccccc2)C1. The lowest BCUT2D eigenvalue weighted by molar-refractivity contribution is -0.134. The fourth-order valence-electron chi connectivity index (χ4n) is 5.51. The number of benzene rings is 2. The summed E-state index contributed by atoms with van der Waals surface area (Å²) in [7, 11) is 0. The summed E-state index contributed by atoms with van der Waals surface area (Å²) in [6.07, 6.45) is 0.581. The van der Waals surface area contributed by atoms with Gasteiger partial charge in [-0.25, -0.2) is 13.6 Å². The van der Waals surface area contributed by atoms with Crippen LogP contribution >= 0.6 is 0 Å². The maximum absolute atomic E-state index is 14.9. The molecule has 9 heteroatoms. The predicted octanol–water partition coefficient (Wildman–Crippen LogP) is 3.33. The van der Waals surface area contributed by atoms with Gasteiger partial charge >= 0.3 is 6.09 Å². The first-order chi connectivity index (χ1) is 16.3. The monoisotopic (exact) mass is 469 g/mol. The molecule has 0 bridgehead atoms. The maximum Gasteiger partial charge on any atom is 0.405 e. The van der Waals surface area contributed by atoms with Gasteiger partial charge in [0.05, 0.1) is 5.92 Å². The van der Waals surface area contributed by atoms with Crippen LogP contribution in [0.3, 0.4) is 0 Å². The van der Waals surface area contributed by atoms with Crippen molar-refractivity contribution < 1.29 is 27.9 Å². The Morgan fingerprint density at radius 2 is 1.74 bits per heavy atom. The van der Waals surface area contributed by atoms with E-state index >= 15 is 0 Å². The Kier molecular flexibility index (Phi) is 5.50. The Labute approximate surface area is 195 Å². The number of halogens is 2. The Balaban J connectivity index is 1.29. The van der Waals surface area contributed by atoms with Crippen molar-refractivity contribution in [2.24, 2.45) is 11.7 Å². The highest BCUT2D eigenvalue weighted by Gasteiger charge is 2.56. The molecule has 1 saturated carbocycles. The number of hydrogen-bond donors (Lipinski definition) is 2. The van der Waals surface area contributed by atoms with Crippen LogP contribution in [0.5, 0.6) is 0 Å². The van der Waals surface area contributed by atoms with E-state index < -0.39 is 41.1 Å². The molecule has 3 N–H and O–H groups in total. The van der Waals surface area contributed by atoms with E-state index in [4.69, 9.17) is 10.5 Å². The molecule has 2 aromatic carbocycles. The Hall–Kier alpha value is -3.49. The number of anilines is 1. The first kappa shape index (κ1) is 22.3. The normalized spacial score (nSPS) is 26.9. The van der Waals surface area contributed by atoms with Gasteiger partial charge in [0.1, 0.15) is 17.2 Å². The van der Waals surface area contributed by atoms with Crippen molar-refractivity contribution in [3.05, 3.63) is 65.2 Å². The molecule has 3 fully saturated rings. The first-order valence-corrected chi connectivity index (χ1v) is 11.4. The molecule has 5 rings (SSSR count). The molecule has 2 aromatic rings. The lowest BCUT2D eigenvalue weighted by Gasteiger charge is -2.57. The smallest absolute Gasteiger partial charge is 0.405 e. The lowest BCUT2D eigenvalue weighted by atomic mass is 9.60. The van der Waals surface area contributed by atoms with Gasteiger partial charge in [0, 0.05) is 36.7 Å². The van der Waals surface area contributed by atoms with Gasteiger partial charge in [-0.2, -0.15) is 0 Å². The molecule has 0 aromatic heterocycles. The number of carbonyl (C=O) groups excluding carboxylic acids is 3. The Morgan fingerprint density at radius 1 is 1.09 bits per heavy atom. The van der Waals surface area contributed by atoms with Crippen LogP contribution < -0.4 is 16.0 Å². The Morgan fingerprint density at radius 3 is 2.32 bits per heavy atom. The molecule has 1 atom stereocenters. The fraction of sp³-hybridized carbons (Fsp3) is 0.400. The van der Waals surface area contributed by atoms with Crippen molar-refractivity contribution in [1.82, 2.24) is 5.32 Å². The van der Waals surface area contributed by atoms with Gasteiger partial charge in [-0.3, -0.25) is 14.9 Å². The van der Waals surface area contributed by atoms with Crippen LogP contribution in [0.1, 0.15) is 48.6 Å². The molecule has 2 saturated heterocycles. The van der Waals surface area contributed by atoms with Crippen molar-refractivity contribution in [3.8, 4) is 0 Å². The largest absolute Gasteiger partial charge is 0.443 e. The topological polar surface area (TPSA) is 102 Å². The summed E-state index contributed by atoms with van der Waals surface area (Å²) >= 11 is 0. The van der Waals surface area contributed by atoms with Crippen molar-refractivity contribution >= 4 is 23.6 Å². The molecule has 1 aliphatic carbocycles. The number of hydrogen-bond acceptors (Lipinski definition) is 5. The molecule has 0 spiro atoms. The third-order valence-corrected chi connectivity index (χ3v) is 7.40. The van der Waals surface area contributed by atoms with Crippen LogP contribution in [-0.4, -0.2) is 36.6 Å². The highest BCUT2D eigenvalue weighted by atomic mass is 19.1. The summed E-state index contributed by atoms with van der Waals surface area (Å²) in [6, 6.07) is 12.4. The average Bonchev–Trinajstić information content (AvgIpc) is 2.71. The zero-order valence-electron chi connectivity index (χ0n) is 18.4. The molecular weight excluding hydrogens is 444 g/mol. The molecule has 3 aliphatic rings. The van der Waals surface area contributed by atoms with E-state index in [1.807, 2.05) is 35.2 Å². The number of piperidine rings is 1. The predicted molar refractivity (Wildman–Crippen MR) is 119 cm³/mol. The van der Waals surface area contributed by atoms with Crippen LogP contribution in [0.4, 0.5) is 19.3 Å². The summed E-state index contributed by atoms with van der Waals surface area (Å²) in [5, 5.41) is 2.13. The Bertz CT molecular complexity index is 1120. The van der Waals surface area contributed by atoms with Gasteiger partial charge in [-0.1, -0.05) is 30.3 Å². The van der Waals surface area contributed by atoms with Crippen LogP contribution in [0, 0.1) is 17.6 Å². The molecule has 2 heterocycles. The third kappa shape index (κ3) is 3.89. The second-order valence-electron chi connectivity index (χ2n) is 9.43. The zero-order valence-corrected chi connectivity index (χ0v) is 18.4. The van der Waals surface area contributed by atoms with Gasteiger partial charge in [0.2, 0.25) is 11.8 Å². The first-order valence-electron chi connectivity index (χ1n) is 11.4. The highest BCUT2D eigenvalue weighted by Crippen LogP contribution is 2.53. The number of primary amides is 1. The molecule has 1 unspecified atom stereocenters. The number of nitrogens with one attached hydrogen (secondary N) is 1. The van der Waals surface area contributed by atoms with Crippen molar-refractivity contribution in [1.29, 1.82) is 0 Å². The van der Waals surface area contributed by atoms with E-state index in [9.17, 15) is 23.2 Å². The van der Waals surface area contributed by atoms with Crippen LogP contribution in [0.25, 0.3) is 0 Å². The van der Waals surface area contributed by atoms with Crippen molar-refractivity contribution in [3.63, 3.8) is 0 Å². The number of amides is 3. The minimum atomic E-state index is -1.03. The maximum atomic E-state index is 14.9. The standard InChI is InChI=1S/C25H25F2N3O4/c26-19-8-17(9-20(27)22(19)18-6-7-21(31)29-23(18)32)30-12-16(13-30)25(34-24(28)33)10-15(11-25)14-4-2-1-3-5-14/h1-5,8-9,15-16,18H,6-7,10-13H2,(H2,28,33)(H,29,31,32). The number of ether oxygens (including phenoxy) is 1. The number of nitrogens with two attached hydrogens (primary N) is 1. The molecule has 3 amide bonds. The van der Waals surface area contributed by atoms with Gasteiger partial charge in [-0.05, 0) is 42.9 Å². The van der Waals surface area contributed by atoms with Crippen LogP contribution in [-0.2, 0) is 14.3 Å². The quantitative estimate of drug-likeness (QED) is 0.654. The van der Waals surface area contributed by atoms with E-state index in [-0.39, 0.29) is 30.2 Å². The summed E-state index contributed by atoms with van der Waals surface area (Å²) in [6.45, 7) is 0.927. The summed E-state index contributed by atoms with van der Waals surface area (Å²) in [4.78, 5) is 36.8. The highest BCUT2D eigenvalue weighted by molar-refractivity contribution is 6.01. The molecular formula is C25H25F2N3O4. The summed E-state index contributed by atoms with van der Waals surface area (Å²) in [5.41, 5.74) is 5.88. The minimum absolute atomic E-state index is 0.0131. The van der Waals surface area contributed by atoms with Gasteiger partial charge < -0.3 is 15.4 Å². The van der Waals surface area contributed by atoms with Crippen molar-refractivity contribution in [2.75, 3.05) is 18.0 Å². The van der Waals surface area contributed by atoms with E-state index in [0.717, 1.165) is 0 Å². The number of nitrogens with zero attached hydrogens (tertiary/aromatic N) is 1. The molecule has 34 heavy (non-hydrogen) atoms. The van der Waals surface area contributed by atoms with E-state index in [2.05, 4.69) is 5.32 Å². The molecule has 2 aliphatic heterocycles. The lowest BCUT2D eigenvalue weighted by Crippen LogP contribution is -2.64. The molecule has 7 nitrogen and oxygen atoms in total. The average molecular weight is 469 g/mol.